The van der Waals surface area contributed by atoms with Crippen LogP contribution in [0.2, 0.25) is 0 Å². The summed E-state index contributed by atoms with van der Waals surface area (Å²) in [6.07, 6.45) is 5.46. The summed E-state index contributed by atoms with van der Waals surface area (Å²) in [6, 6.07) is 2.50. The fraction of sp³-hybridized carbons (Fsp3) is 0.917. The number of hydrogen-bond donors (Lipinski definition) is 0. The van der Waals surface area contributed by atoms with Crippen molar-refractivity contribution in [2.24, 2.45) is 0 Å². The zero-order chi connectivity index (χ0) is 10.7. The van der Waals surface area contributed by atoms with E-state index in [0.717, 1.165) is 19.2 Å². The van der Waals surface area contributed by atoms with Gasteiger partial charge in [-0.05, 0) is 19.6 Å². The molecule has 0 N–H and O–H groups in total. The second-order valence-corrected chi connectivity index (χ2v) is 4.81. The van der Waals surface area contributed by atoms with E-state index in [2.05, 4.69) is 16.8 Å². The van der Waals surface area contributed by atoms with E-state index >= 15 is 0 Å². The molecule has 0 radical (unpaired) electrons. The Balaban J connectivity index is 0.00000128. The van der Waals surface area contributed by atoms with Gasteiger partial charge in [0.15, 0.2) is 0 Å². The molecule has 0 bridgehead atoms. The molecule has 3 nitrogen and oxygen atoms in total. The van der Waals surface area contributed by atoms with E-state index in [9.17, 15) is 0 Å². The molecule has 0 aromatic rings. The molecule has 16 heavy (non-hydrogen) atoms. The Bertz CT molecular complexity index is 203. The van der Waals surface area contributed by atoms with Crippen LogP contribution in [0.15, 0.2) is 0 Å². The van der Waals surface area contributed by atoms with Crippen LogP contribution in [0, 0.1) is 6.04 Å². The minimum Gasteiger partial charge on any atom is -0.450 e. The van der Waals surface area contributed by atoms with Crippen molar-refractivity contribution in [3.8, 4) is 0 Å². The smallest absolute Gasteiger partial charge is 0.450 e. The number of methoxy groups -OCH3 is 1. The van der Waals surface area contributed by atoms with Gasteiger partial charge >= 0.3 is 51.4 Å². The summed E-state index contributed by atoms with van der Waals surface area (Å²) in [4.78, 5) is 5.05. The molecule has 0 aliphatic carbocycles. The summed E-state index contributed by atoms with van der Waals surface area (Å²) in [5, 5.41) is 0. The first kappa shape index (κ1) is 15.6. The van der Waals surface area contributed by atoms with Crippen molar-refractivity contribution in [1.29, 1.82) is 0 Å². The quantitative estimate of drug-likeness (QED) is 0.430. The zero-order valence-corrected chi connectivity index (χ0v) is 14.2. The van der Waals surface area contributed by atoms with Crippen LogP contribution in [0.1, 0.15) is 25.7 Å². The van der Waals surface area contributed by atoms with Gasteiger partial charge in [0.2, 0.25) is 0 Å². The third kappa shape index (κ3) is 4.02. The summed E-state index contributed by atoms with van der Waals surface area (Å²) in [5.41, 5.74) is 0. The number of hydrogen-bond acceptors (Lipinski definition) is 3. The SMILES string of the molecule is COCCN(C)CC1CC[C-]2CCCN21.[K+]. The molecular formula is C12H23KN2O. The molecule has 2 fully saturated rings. The summed E-state index contributed by atoms with van der Waals surface area (Å²) in [6.45, 7) is 4.40. The molecule has 0 spiro atoms. The number of ether oxygens (including phenoxy) is 1. The van der Waals surface area contributed by atoms with Crippen LogP contribution in [-0.2, 0) is 4.74 Å². The number of rotatable bonds is 5. The topological polar surface area (TPSA) is 15.7 Å². The molecule has 88 valence electrons. The average molecular weight is 250 g/mol. The Kier molecular flexibility index (Phi) is 7.63. The van der Waals surface area contributed by atoms with E-state index in [0.29, 0.717) is 0 Å². The monoisotopic (exact) mass is 250 g/mol. The average Bonchev–Trinajstić information content (AvgIpc) is 2.80. The van der Waals surface area contributed by atoms with Crippen LogP contribution in [-0.4, -0.2) is 56.2 Å². The Morgan fingerprint density at radius 2 is 2.25 bits per heavy atom. The van der Waals surface area contributed by atoms with Crippen molar-refractivity contribution in [2.45, 2.75) is 31.7 Å². The van der Waals surface area contributed by atoms with Crippen molar-refractivity contribution >= 4 is 0 Å². The maximum Gasteiger partial charge on any atom is 1.00 e. The van der Waals surface area contributed by atoms with Gasteiger partial charge in [-0.15, -0.1) is 0 Å². The Morgan fingerprint density at radius 1 is 1.44 bits per heavy atom. The van der Waals surface area contributed by atoms with Gasteiger partial charge in [0.1, 0.15) is 0 Å². The first-order valence-corrected chi connectivity index (χ1v) is 6.10. The van der Waals surface area contributed by atoms with Crippen LogP contribution >= 0.6 is 0 Å². The van der Waals surface area contributed by atoms with Gasteiger partial charge in [-0.3, -0.25) is 6.04 Å². The van der Waals surface area contributed by atoms with Crippen molar-refractivity contribution in [3.63, 3.8) is 0 Å². The van der Waals surface area contributed by atoms with E-state index in [1.54, 1.807) is 13.2 Å². The van der Waals surface area contributed by atoms with Gasteiger partial charge in [0.25, 0.3) is 0 Å². The molecule has 2 saturated heterocycles. The van der Waals surface area contributed by atoms with Gasteiger partial charge in [-0.1, -0.05) is 12.8 Å². The molecule has 2 heterocycles. The summed E-state index contributed by atoms with van der Waals surface area (Å²) in [7, 11) is 3.98. The molecule has 2 aliphatic rings. The van der Waals surface area contributed by atoms with Crippen molar-refractivity contribution < 1.29 is 56.1 Å². The fourth-order valence-electron chi connectivity index (χ4n) is 2.84. The third-order valence-corrected chi connectivity index (χ3v) is 3.68. The molecule has 1 unspecified atom stereocenters. The molecule has 2 aliphatic heterocycles. The third-order valence-electron chi connectivity index (χ3n) is 3.68. The molecule has 1 atom stereocenters. The molecule has 0 amide bonds. The van der Waals surface area contributed by atoms with Gasteiger partial charge in [-0.2, -0.15) is 12.8 Å². The van der Waals surface area contributed by atoms with Crippen molar-refractivity contribution in [3.05, 3.63) is 6.04 Å². The normalized spacial score (nSPS) is 26.1. The number of likely N-dealkylation sites (N-methyl/N-ethyl adjacent to an activating group) is 1. The van der Waals surface area contributed by atoms with E-state index < -0.39 is 0 Å². The minimum atomic E-state index is 0. The van der Waals surface area contributed by atoms with Crippen molar-refractivity contribution in [1.82, 2.24) is 9.80 Å². The maximum atomic E-state index is 5.10. The predicted octanol–water partition coefficient (Wildman–Crippen LogP) is -1.64. The first-order chi connectivity index (χ1) is 7.31. The number of fused-ring (bicyclic) bond motifs is 1. The summed E-state index contributed by atoms with van der Waals surface area (Å²) < 4.78 is 5.10. The van der Waals surface area contributed by atoms with Crippen LogP contribution in [0.3, 0.4) is 0 Å². The van der Waals surface area contributed by atoms with E-state index in [-0.39, 0.29) is 51.4 Å². The van der Waals surface area contributed by atoms with Crippen LogP contribution < -0.4 is 51.4 Å². The molecule has 0 aromatic heterocycles. The first-order valence-electron chi connectivity index (χ1n) is 6.10. The maximum absolute atomic E-state index is 5.10. The van der Waals surface area contributed by atoms with Crippen LogP contribution in [0.5, 0.6) is 0 Å². The van der Waals surface area contributed by atoms with Gasteiger partial charge in [0.05, 0.1) is 6.61 Å². The fourth-order valence-corrected chi connectivity index (χ4v) is 2.84. The van der Waals surface area contributed by atoms with E-state index in [1.165, 1.54) is 38.8 Å². The molecule has 0 aromatic carbocycles. The summed E-state index contributed by atoms with van der Waals surface area (Å²) >= 11 is 0. The predicted molar refractivity (Wildman–Crippen MR) is 61.6 cm³/mol. The number of nitrogens with zero attached hydrogens (tertiary/aromatic N) is 2. The van der Waals surface area contributed by atoms with Crippen LogP contribution in [0.25, 0.3) is 0 Å². The molecule has 4 heteroatoms. The Morgan fingerprint density at radius 3 is 3.00 bits per heavy atom. The summed E-state index contributed by atoms with van der Waals surface area (Å²) in [5.74, 6) is 0. The minimum absolute atomic E-state index is 0. The Hall–Kier alpha value is 1.52. The Labute approximate surface area is 142 Å². The largest absolute Gasteiger partial charge is 1.00 e. The van der Waals surface area contributed by atoms with Gasteiger partial charge in [0, 0.05) is 20.2 Å². The molecular weight excluding hydrogens is 227 g/mol. The van der Waals surface area contributed by atoms with E-state index in [1.807, 2.05) is 0 Å². The van der Waals surface area contributed by atoms with Gasteiger partial charge in [-0.25, -0.2) is 0 Å². The second kappa shape index (κ2) is 7.84. The van der Waals surface area contributed by atoms with E-state index in [4.69, 9.17) is 4.74 Å². The van der Waals surface area contributed by atoms with Gasteiger partial charge < -0.3 is 14.5 Å². The van der Waals surface area contributed by atoms with Crippen molar-refractivity contribution in [2.75, 3.05) is 40.4 Å². The zero-order valence-electron chi connectivity index (χ0n) is 11.0. The molecule has 2 rings (SSSR count). The second-order valence-electron chi connectivity index (χ2n) is 4.81. The standard InChI is InChI=1S/C12H23N2O.K/c1-13(8-9-15-2)10-12-6-5-11-4-3-7-14(11)12;/h12H,3-10H2,1-2H3;/q-1;+1. The van der Waals surface area contributed by atoms with Crippen LogP contribution in [0.4, 0.5) is 0 Å². The molecule has 0 saturated carbocycles.